The first-order valence-electron chi connectivity index (χ1n) is 3.35. The molecule has 13 heavy (non-hydrogen) atoms. The standard InChI is InChI=1S/C8H8BrNO2.ClH/c9-6-3-1-5(2-4-6)7(10)8(11)12;/h1-4,7H,10H2,(H,11,12);1H. The van der Waals surface area contributed by atoms with Gasteiger partial charge in [0.05, 0.1) is 0 Å². The van der Waals surface area contributed by atoms with Gasteiger partial charge in [-0.2, -0.15) is 0 Å². The Morgan fingerprint density at radius 1 is 1.38 bits per heavy atom. The average Bonchev–Trinajstić information content (AvgIpc) is 2.04. The molecule has 72 valence electrons. The molecule has 0 aliphatic heterocycles. The second-order valence-corrected chi connectivity index (χ2v) is 3.28. The number of hydrogen-bond donors (Lipinski definition) is 2. The van der Waals surface area contributed by atoms with Gasteiger partial charge in [-0.1, -0.05) is 28.1 Å². The summed E-state index contributed by atoms with van der Waals surface area (Å²) >= 11 is 3.24. The van der Waals surface area contributed by atoms with Gasteiger partial charge in [0.25, 0.3) is 0 Å². The van der Waals surface area contributed by atoms with E-state index in [1.807, 2.05) is 0 Å². The van der Waals surface area contributed by atoms with Crippen LogP contribution in [-0.2, 0) is 4.79 Å². The Labute approximate surface area is 90.5 Å². The number of carboxylic acids is 1. The molecule has 0 fully saturated rings. The van der Waals surface area contributed by atoms with Gasteiger partial charge in [-0.05, 0) is 17.7 Å². The fraction of sp³-hybridized carbons (Fsp3) is 0.125. The lowest BCUT2D eigenvalue weighted by Gasteiger charge is -2.05. The number of carbonyl (C=O) groups is 1. The monoisotopic (exact) mass is 265 g/mol. The Morgan fingerprint density at radius 3 is 2.23 bits per heavy atom. The Morgan fingerprint density at radius 2 is 1.85 bits per heavy atom. The highest BCUT2D eigenvalue weighted by Crippen LogP contribution is 2.15. The van der Waals surface area contributed by atoms with Gasteiger partial charge in [-0.25, -0.2) is 0 Å². The van der Waals surface area contributed by atoms with Crippen LogP contribution < -0.4 is 5.73 Å². The summed E-state index contributed by atoms with van der Waals surface area (Å²) in [5.41, 5.74) is 5.98. The van der Waals surface area contributed by atoms with Crippen molar-refractivity contribution in [2.24, 2.45) is 5.73 Å². The molecule has 0 bridgehead atoms. The molecule has 0 aliphatic rings. The number of aliphatic carboxylic acids is 1. The summed E-state index contributed by atoms with van der Waals surface area (Å²) < 4.78 is 0.906. The fourth-order valence-electron chi connectivity index (χ4n) is 0.813. The third-order valence-corrected chi connectivity index (χ3v) is 2.02. The first kappa shape index (κ1) is 12.4. The summed E-state index contributed by atoms with van der Waals surface area (Å²) in [5.74, 6) is -1.02. The number of rotatable bonds is 2. The minimum absolute atomic E-state index is 0. The van der Waals surface area contributed by atoms with Crippen molar-refractivity contribution >= 4 is 34.3 Å². The lowest BCUT2D eigenvalue weighted by molar-refractivity contribution is -0.138. The van der Waals surface area contributed by atoms with E-state index in [0.29, 0.717) is 5.56 Å². The predicted molar refractivity (Wildman–Crippen MR) is 56.0 cm³/mol. The average molecular weight is 267 g/mol. The Bertz CT molecular complexity index is 289. The molecule has 0 aliphatic carbocycles. The van der Waals surface area contributed by atoms with Crippen LogP contribution in [0.15, 0.2) is 28.7 Å². The van der Waals surface area contributed by atoms with Gasteiger partial charge in [0, 0.05) is 4.47 Å². The molecule has 1 rings (SSSR count). The highest BCUT2D eigenvalue weighted by Gasteiger charge is 2.12. The van der Waals surface area contributed by atoms with Crippen LogP contribution in [0.3, 0.4) is 0 Å². The summed E-state index contributed by atoms with van der Waals surface area (Å²) in [6.07, 6.45) is 0. The van der Waals surface area contributed by atoms with E-state index < -0.39 is 12.0 Å². The van der Waals surface area contributed by atoms with Crippen molar-refractivity contribution in [2.75, 3.05) is 0 Å². The second-order valence-electron chi connectivity index (χ2n) is 2.37. The van der Waals surface area contributed by atoms with E-state index in [4.69, 9.17) is 10.8 Å². The largest absolute Gasteiger partial charge is 0.480 e. The van der Waals surface area contributed by atoms with Crippen molar-refractivity contribution in [2.45, 2.75) is 6.04 Å². The maximum Gasteiger partial charge on any atom is 0.325 e. The molecule has 5 heteroatoms. The Kier molecular flexibility index (Phi) is 4.98. The Hall–Kier alpha value is -0.580. The number of nitrogens with two attached hydrogens (primary N) is 1. The third-order valence-electron chi connectivity index (χ3n) is 1.50. The zero-order valence-corrected chi connectivity index (χ0v) is 9.01. The van der Waals surface area contributed by atoms with E-state index in [0.717, 1.165) is 4.47 Å². The quantitative estimate of drug-likeness (QED) is 0.860. The number of benzene rings is 1. The van der Waals surface area contributed by atoms with Crippen molar-refractivity contribution in [1.82, 2.24) is 0 Å². The number of halogens is 2. The summed E-state index contributed by atoms with van der Waals surface area (Å²) in [7, 11) is 0. The summed E-state index contributed by atoms with van der Waals surface area (Å²) in [6.45, 7) is 0. The first-order chi connectivity index (χ1) is 5.61. The molecule has 1 unspecified atom stereocenters. The zero-order chi connectivity index (χ0) is 9.14. The number of carboxylic acid groups (broad SMARTS) is 1. The van der Waals surface area contributed by atoms with Gasteiger partial charge >= 0.3 is 5.97 Å². The molecule has 3 N–H and O–H groups in total. The number of hydrogen-bond acceptors (Lipinski definition) is 2. The molecule has 1 aromatic carbocycles. The first-order valence-corrected chi connectivity index (χ1v) is 4.14. The molecule has 0 radical (unpaired) electrons. The zero-order valence-electron chi connectivity index (χ0n) is 6.61. The normalized spacial score (nSPS) is 11.5. The smallest absolute Gasteiger partial charge is 0.325 e. The minimum Gasteiger partial charge on any atom is -0.480 e. The van der Waals surface area contributed by atoms with Crippen molar-refractivity contribution < 1.29 is 9.90 Å². The van der Waals surface area contributed by atoms with Crippen LogP contribution in [0.25, 0.3) is 0 Å². The van der Waals surface area contributed by atoms with E-state index in [-0.39, 0.29) is 12.4 Å². The molecule has 1 aromatic rings. The van der Waals surface area contributed by atoms with Gasteiger partial charge in [0.1, 0.15) is 6.04 Å². The van der Waals surface area contributed by atoms with Crippen molar-refractivity contribution in [3.05, 3.63) is 34.3 Å². The van der Waals surface area contributed by atoms with Crippen LogP contribution in [0.1, 0.15) is 11.6 Å². The molecular weight excluding hydrogens is 257 g/mol. The van der Waals surface area contributed by atoms with Gasteiger partial charge in [0.15, 0.2) is 0 Å². The maximum atomic E-state index is 10.4. The lowest BCUT2D eigenvalue weighted by atomic mass is 10.1. The molecule has 0 amide bonds. The molecular formula is C8H9BrClNO2. The fourth-order valence-corrected chi connectivity index (χ4v) is 1.08. The third kappa shape index (κ3) is 3.34. The van der Waals surface area contributed by atoms with Gasteiger partial charge in [-0.15, -0.1) is 12.4 Å². The van der Waals surface area contributed by atoms with Crippen LogP contribution in [0.4, 0.5) is 0 Å². The predicted octanol–water partition coefficient (Wildman–Crippen LogP) is 1.96. The van der Waals surface area contributed by atoms with Crippen LogP contribution >= 0.6 is 28.3 Å². The van der Waals surface area contributed by atoms with E-state index in [9.17, 15) is 4.79 Å². The molecule has 0 saturated carbocycles. The van der Waals surface area contributed by atoms with Crippen molar-refractivity contribution in [3.8, 4) is 0 Å². The molecule has 0 aromatic heterocycles. The highest BCUT2D eigenvalue weighted by atomic mass is 79.9. The minimum atomic E-state index is -1.02. The molecule has 0 saturated heterocycles. The van der Waals surface area contributed by atoms with Crippen molar-refractivity contribution in [1.29, 1.82) is 0 Å². The summed E-state index contributed by atoms with van der Waals surface area (Å²) in [5, 5.41) is 8.57. The van der Waals surface area contributed by atoms with Crippen LogP contribution in [-0.4, -0.2) is 11.1 Å². The van der Waals surface area contributed by atoms with E-state index in [1.54, 1.807) is 24.3 Å². The van der Waals surface area contributed by atoms with Gasteiger partial charge < -0.3 is 10.8 Å². The van der Waals surface area contributed by atoms with Gasteiger partial charge in [-0.3, -0.25) is 4.79 Å². The molecule has 3 nitrogen and oxygen atoms in total. The lowest BCUT2D eigenvalue weighted by Crippen LogP contribution is -2.20. The topological polar surface area (TPSA) is 63.3 Å². The van der Waals surface area contributed by atoms with Crippen LogP contribution in [0.5, 0.6) is 0 Å². The highest BCUT2D eigenvalue weighted by molar-refractivity contribution is 9.10. The maximum absolute atomic E-state index is 10.4. The van der Waals surface area contributed by atoms with E-state index in [2.05, 4.69) is 15.9 Å². The van der Waals surface area contributed by atoms with Crippen LogP contribution in [0, 0.1) is 0 Å². The molecule has 1 atom stereocenters. The second kappa shape index (κ2) is 5.21. The van der Waals surface area contributed by atoms with Crippen molar-refractivity contribution in [3.63, 3.8) is 0 Å². The summed E-state index contributed by atoms with van der Waals surface area (Å²) in [6, 6.07) is 5.96. The van der Waals surface area contributed by atoms with E-state index >= 15 is 0 Å². The molecule has 0 heterocycles. The SMILES string of the molecule is Cl.NC(C(=O)O)c1ccc(Br)cc1. The molecule has 0 spiro atoms. The Balaban J connectivity index is 0.00000144. The van der Waals surface area contributed by atoms with Crippen LogP contribution in [0.2, 0.25) is 0 Å². The van der Waals surface area contributed by atoms with E-state index in [1.165, 1.54) is 0 Å². The summed E-state index contributed by atoms with van der Waals surface area (Å²) in [4.78, 5) is 10.4. The van der Waals surface area contributed by atoms with Gasteiger partial charge in [0.2, 0.25) is 0 Å².